The number of likely N-dealkylation sites (N-methyl/N-ethyl adjacent to an activating group) is 1. The lowest BCUT2D eigenvalue weighted by atomic mass is 9.87. The Bertz CT molecular complexity index is 523. The molecule has 28 heavy (non-hydrogen) atoms. The van der Waals surface area contributed by atoms with Crippen molar-refractivity contribution in [2.75, 3.05) is 32.7 Å². The van der Waals surface area contributed by atoms with Gasteiger partial charge in [0.25, 0.3) is 0 Å². The molecular weight excluding hydrogens is 360 g/mol. The largest absolute Gasteiger partial charge is 0.473 e. The summed E-state index contributed by atoms with van der Waals surface area (Å²) in [7, 11) is 0. The maximum Gasteiger partial charge on any atom is 0.414 e. The molecule has 1 amide bonds. The lowest BCUT2D eigenvalue weighted by Gasteiger charge is -2.36. The van der Waals surface area contributed by atoms with Gasteiger partial charge in [-0.1, -0.05) is 31.4 Å². The molecule has 0 bridgehead atoms. The average molecular weight is 397 g/mol. The van der Waals surface area contributed by atoms with Gasteiger partial charge in [0, 0.05) is 25.6 Å². The molecule has 160 valence electrons. The number of amides is 1. The van der Waals surface area contributed by atoms with E-state index in [1.54, 1.807) is 0 Å². The highest BCUT2D eigenvalue weighted by atomic mass is 16.4. The highest BCUT2D eigenvalue weighted by molar-refractivity contribution is 6.27. The molecule has 1 saturated heterocycles. The zero-order valence-corrected chi connectivity index (χ0v) is 17.4. The molecule has 1 aliphatic carbocycles. The fourth-order valence-electron chi connectivity index (χ4n) is 4.03. The van der Waals surface area contributed by atoms with E-state index in [9.17, 15) is 4.79 Å². The van der Waals surface area contributed by atoms with E-state index in [0.29, 0.717) is 5.91 Å². The van der Waals surface area contributed by atoms with E-state index in [4.69, 9.17) is 19.8 Å². The van der Waals surface area contributed by atoms with Gasteiger partial charge in [0.1, 0.15) is 0 Å². The normalized spacial score (nSPS) is 18.6. The second kappa shape index (κ2) is 12.5. The van der Waals surface area contributed by atoms with Crippen LogP contribution in [0.4, 0.5) is 0 Å². The van der Waals surface area contributed by atoms with Crippen molar-refractivity contribution in [1.82, 2.24) is 9.80 Å². The van der Waals surface area contributed by atoms with Crippen LogP contribution in [0.5, 0.6) is 0 Å². The fraction of sp³-hybridized carbons (Fsp3) is 0.762. The van der Waals surface area contributed by atoms with Crippen LogP contribution in [0.1, 0.15) is 58.8 Å². The predicted octanol–water partition coefficient (Wildman–Crippen LogP) is 2.86. The Labute approximate surface area is 168 Å². The van der Waals surface area contributed by atoms with Crippen LogP contribution in [0.15, 0.2) is 12.2 Å². The smallest absolute Gasteiger partial charge is 0.414 e. The van der Waals surface area contributed by atoms with Gasteiger partial charge >= 0.3 is 11.9 Å². The van der Waals surface area contributed by atoms with E-state index in [1.807, 2.05) is 11.8 Å². The minimum Gasteiger partial charge on any atom is -0.473 e. The SMILES string of the molecule is C=C(C)CN(CC)C(=O)C1CCN(CC2CCCCC2)CC1.O=C(O)C(=O)O. The van der Waals surface area contributed by atoms with E-state index in [-0.39, 0.29) is 5.92 Å². The van der Waals surface area contributed by atoms with Crippen molar-refractivity contribution in [3.63, 3.8) is 0 Å². The first kappa shape index (κ1) is 24.1. The molecule has 0 aromatic carbocycles. The van der Waals surface area contributed by atoms with Crippen LogP contribution in [0, 0.1) is 11.8 Å². The molecule has 7 heteroatoms. The van der Waals surface area contributed by atoms with Crippen molar-refractivity contribution >= 4 is 17.8 Å². The van der Waals surface area contributed by atoms with E-state index in [1.165, 1.54) is 38.6 Å². The summed E-state index contributed by atoms with van der Waals surface area (Å²) in [5.41, 5.74) is 1.07. The van der Waals surface area contributed by atoms with Gasteiger partial charge in [0.05, 0.1) is 0 Å². The summed E-state index contributed by atoms with van der Waals surface area (Å²) in [4.78, 5) is 35.4. The number of piperidine rings is 1. The summed E-state index contributed by atoms with van der Waals surface area (Å²) in [6, 6.07) is 0. The van der Waals surface area contributed by atoms with E-state index < -0.39 is 11.9 Å². The van der Waals surface area contributed by atoms with Gasteiger partial charge in [-0.2, -0.15) is 0 Å². The van der Waals surface area contributed by atoms with Crippen molar-refractivity contribution < 1.29 is 24.6 Å². The Balaban J connectivity index is 0.000000568. The number of aliphatic carboxylic acids is 2. The Hall–Kier alpha value is -1.89. The Morgan fingerprint density at radius 1 is 1.00 bits per heavy atom. The molecule has 1 saturated carbocycles. The molecular formula is C21H36N2O5. The van der Waals surface area contributed by atoms with Crippen molar-refractivity contribution in [3.8, 4) is 0 Å². The number of hydrogen-bond acceptors (Lipinski definition) is 4. The summed E-state index contributed by atoms with van der Waals surface area (Å²) < 4.78 is 0. The van der Waals surface area contributed by atoms with Crippen LogP contribution in [-0.2, 0) is 14.4 Å². The molecule has 0 aromatic heterocycles. The minimum absolute atomic E-state index is 0.238. The van der Waals surface area contributed by atoms with Crippen LogP contribution in [-0.4, -0.2) is 70.6 Å². The quantitative estimate of drug-likeness (QED) is 0.529. The lowest BCUT2D eigenvalue weighted by molar-refractivity contribution is -0.159. The lowest BCUT2D eigenvalue weighted by Crippen LogP contribution is -2.44. The van der Waals surface area contributed by atoms with Gasteiger partial charge < -0.3 is 20.0 Å². The summed E-state index contributed by atoms with van der Waals surface area (Å²) in [5, 5.41) is 14.8. The number of carboxylic acids is 2. The maximum atomic E-state index is 12.6. The molecule has 1 heterocycles. The summed E-state index contributed by atoms with van der Waals surface area (Å²) in [6.07, 6.45) is 9.19. The molecule has 2 aliphatic rings. The second-order valence-electron chi connectivity index (χ2n) is 8.00. The molecule has 2 rings (SSSR count). The zero-order valence-electron chi connectivity index (χ0n) is 17.4. The van der Waals surface area contributed by atoms with E-state index in [2.05, 4.69) is 18.4 Å². The average Bonchev–Trinajstić information content (AvgIpc) is 2.67. The summed E-state index contributed by atoms with van der Waals surface area (Å²) >= 11 is 0. The van der Waals surface area contributed by atoms with Crippen LogP contribution < -0.4 is 0 Å². The van der Waals surface area contributed by atoms with Crippen LogP contribution in [0.3, 0.4) is 0 Å². The Morgan fingerprint density at radius 2 is 1.54 bits per heavy atom. The molecule has 1 aliphatic heterocycles. The molecule has 2 fully saturated rings. The number of nitrogens with zero attached hydrogens (tertiary/aromatic N) is 2. The van der Waals surface area contributed by atoms with Crippen LogP contribution in [0.2, 0.25) is 0 Å². The van der Waals surface area contributed by atoms with Crippen molar-refractivity contribution in [2.45, 2.75) is 58.8 Å². The summed E-state index contributed by atoms with van der Waals surface area (Å²) in [5.74, 6) is -2.15. The van der Waals surface area contributed by atoms with Crippen molar-refractivity contribution in [1.29, 1.82) is 0 Å². The highest BCUT2D eigenvalue weighted by Gasteiger charge is 2.29. The maximum absolute atomic E-state index is 12.6. The van der Waals surface area contributed by atoms with Gasteiger partial charge in [-0.05, 0) is 58.5 Å². The minimum atomic E-state index is -1.82. The summed E-state index contributed by atoms with van der Waals surface area (Å²) in [6.45, 7) is 13.0. The first-order valence-corrected chi connectivity index (χ1v) is 10.4. The van der Waals surface area contributed by atoms with Gasteiger partial charge in [-0.25, -0.2) is 9.59 Å². The molecule has 7 nitrogen and oxygen atoms in total. The number of carbonyl (C=O) groups is 3. The third-order valence-electron chi connectivity index (χ3n) is 5.52. The number of carbonyl (C=O) groups excluding carboxylic acids is 1. The highest BCUT2D eigenvalue weighted by Crippen LogP contribution is 2.27. The number of rotatable bonds is 6. The van der Waals surface area contributed by atoms with Crippen LogP contribution >= 0.6 is 0 Å². The number of hydrogen-bond donors (Lipinski definition) is 2. The fourth-order valence-corrected chi connectivity index (χ4v) is 4.03. The Kier molecular flexibility index (Phi) is 10.8. The zero-order chi connectivity index (χ0) is 21.1. The Morgan fingerprint density at radius 3 is 1.96 bits per heavy atom. The van der Waals surface area contributed by atoms with Crippen molar-refractivity contribution in [3.05, 3.63) is 12.2 Å². The molecule has 2 N–H and O–H groups in total. The molecule has 0 unspecified atom stereocenters. The van der Waals surface area contributed by atoms with Gasteiger partial charge in [-0.15, -0.1) is 0 Å². The van der Waals surface area contributed by atoms with Gasteiger partial charge in [0.15, 0.2) is 0 Å². The standard InChI is InChI=1S/C19H34N2O.C2H2O4/c1-4-21(14-16(2)3)19(22)18-10-12-20(13-11-18)15-17-8-6-5-7-9-17;3-1(4)2(5)6/h17-18H,2,4-15H2,1,3H3;(H,3,4)(H,5,6). The molecule has 0 atom stereocenters. The third kappa shape index (κ3) is 8.87. The van der Waals surface area contributed by atoms with Gasteiger partial charge in [-0.3, -0.25) is 4.79 Å². The van der Waals surface area contributed by atoms with E-state index >= 15 is 0 Å². The van der Waals surface area contributed by atoms with E-state index in [0.717, 1.165) is 50.5 Å². The topological polar surface area (TPSA) is 98.2 Å². The number of likely N-dealkylation sites (tertiary alicyclic amines) is 1. The van der Waals surface area contributed by atoms with Crippen molar-refractivity contribution in [2.24, 2.45) is 11.8 Å². The third-order valence-corrected chi connectivity index (χ3v) is 5.52. The van der Waals surface area contributed by atoms with Crippen LogP contribution in [0.25, 0.3) is 0 Å². The predicted molar refractivity (Wildman–Crippen MR) is 108 cm³/mol. The molecule has 0 spiro atoms. The second-order valence-corrected chi connectivity index (χ2v) is 8.00. The monoisotopic (exact) mass is 396 g/mol. The van der Waals surface area contributed by atoms with Gasteiger partial charge in [0.2, 0.25) is 5.91 Å². The first-order valence-electron chi connectivity index (χ1n) is 10.4. The number of carboxylic acid groups (broad SMARTS) is 2. The molecule has 0 radical (unpaired) electrons. The molecule has 0 aromatic rings. The first-order chi connectivity index (χ1) is 13.2.